The Labute approximate surface area is 110 Å². The van der Waals surface area contributed by atoms with Gasteiger partial charge in [-0.2, -0.15) is 5.26 Å². The van der Waals surface area contributed by atoms with Crippen molar-refractivity contribution in [3.63, 3.8) is 0 Å². The molecule has 1 aromatic heterocycles. The standard InChI is InChI=1S/C12H11N3O3S/c1-8-9(2)14-18-12(8)15-19(16,17)11-5-3-4-10(6-11)7-13/h3-6,15H,1-2H3. The molecule has 0 bridgehead atoms. The van der Waals surface area contributed by atoms with Crippen LogP contribution in [-0.4, -0.2) is 13.6 Å². The van der Waals surface area contributed by atoms with E-state index >= 15 is 0 Å². The molecule has 0 atom stereocenters. The summed E-state index contributed by atoms with van der Waals surface area (Å²) in [7, 11) is -3.79. The fraction of sp³-hybridized carbons (Fsp3) is 0.167. The Hall–Kier alpha value is -2.33. The molecule has 0 aliphatic rings. The van der Waals surface area contributed by atoms with Crippen LogP contribution in [0.4, 0.5) is 5.88 Å². The second kappa shape index (κ2) is 4.74. The maximum Gasteiger partial charge on any atom is 0.264 e. The average molecular weight is 277 g/mol. The SMILES string of the molecule is Cc1noc(NS(=O)(=O)c2cccc(C#N)c2)c1C. The third kappa shape index (κ3) is 2.58. The largest absolute Gasteiger partial charge is 0.337 e. The third-order valence-corrected chi connectivity index (χ3v) is 3.99. The Morgan fingerprint density at radius 2 is 2.11 bits per heavy atom. The quantitative estimate of drug-likeness (QED) is 0.925. The second-order valence-corrected chi connectivity index (χ2v) is 5.65. The van der Waals surface area contributed by atoms with E-state index in [2.05, 4.69) is 9.88 Å². The normalized spacial score (nSPS) is 11.0. The molecule has 0 radical (unpaired) electrons. The smallest absolute Gasteiger partial charge is 0.264 e. The highest BCUT2D eigenvalue weighted by Crippen LogP contribution is 2.21. The summed E-state index contributed by atoms with van der Waals surface area (Å²) in [4.78, 5) is 0.00000283. The van der Waals surface area contributed by atoms with Crippen LogP contribution in [0.15, 0.2) is 33.7 Å². The molecule has 1 aromatic carbocycles. The molecule has 0 amide bonds. The number of nitrogens with one attached hydrogen (secondary N) is 1. The zero-order valence-corrected chi connectivity index (χ0v) is 11.2. The van der Waals surface area contributed by atoms with Crippen molar-refractivity contribution in [3.8, 4) is 6.07 Å². The molecule has 19 heavy (non-hydrogen) atoms. The van der Waals surface area contributed by atoms with Crippen molar-refractivity contribution < 1.29 is 12.9 Å². The molecule has 0 fully saturated rings. The molecule has 0 spiro atoms. The van der Waals surface area contributed by atoms with E-state index in [1.54, 1.807) is 13.8 Å². The van der Waals surface area contributed by atoms with Crippen LogP contribution in [0.1, 0.15) is 16.8 Å². The second-order valence-electron chi connectivity index (χ2n) is 3.97. The van der Waals surface area contributed by atoms with Crippen molar-refractivity contribution in [1.82, 2.24) is 5.16 Å². The number of aromatic nitrogens is 1. The van der Waals surface area contributed by atoms with Gasteiger partial charge in [0.25, 0.3) is 10.0 Å². The van der Waals surface area contributed by atoms with Gasteiger partial charge < -0.3 is 4.52 Å². The highest BCUT2D eigenvalue weighted by atomic mass is 32.2. The molecular weight excluding hydrogens is 266 g/mol. The van der Waals surface area contributed by atoms with E-state index in [0.29, 0.717) is 11.3 Å². The van der Waals surface area contributed by atoms with E-state index in [1.807, 2.05) is 6.07 Å². The fourth-order valence-electron chi connectivity index (χ4n) is 1.42. The first kappa shape index (κ1) is 13.1. The van der Waals surface area contributed by atoms with Gasteiger partial charge in [-0.05, 0) is 32.0 Å². The number of benzene rings is 1. The number of hydrogen-bond donors (Lipinski definition) is 1. The molecule has 2 rings (SSSR count). The highest BCUT2D eigenvalue weighted by molar-refractivity contribution is 7.92. The first-order valence-electron chi connectivity index (χ1n) is 5.40. The van der Waals surface area contributed by atoms with Gasteiger partial charge in [-0.3, -0.25) is 0 Å². The monoisotopic (exact) mass is 277 g/mol. The van der Waals surface area contributed by atoms with Crippen LogP contribution in [0, 0.1) is 25.2 Å². The van der Waals surface area contributed by atoms with Gasteiger partial charge in [0, 0.05) is 5.56 Å². The Kier molecular flexibility index (Phi) is 3.27. The topological polar surface area (TPSA) is 96.0 Å². The van der Waals surface area contributed by atoms with E-state index < -0.39 is 10.0 Å². The molecule has 7 heteroatoms. The first-order valence-corrected chi connectivity index (χ1v) is 6.88. The minimum Gasteiger partial charge on any atom is -0.337 e. The van der Waals surface area contributed by atoms with Gasteiger partial charge in [-0.25, -0.2) is 13.1 Å². The van der Waals surface area contributed by atoms with Crippen LogP contribution in [0.25, 0.3) is 0 Å². The molecule has 6 nitrogen and oxygen atoms in total. The van der Waals surface area contributed by atoms with Gasteiger partial charge in [0.2, 0.25) is 5.88 Å². The summed E-state index contributed by atoms with van der Waals surface area (Å²) < 4.78 is 31.5. The van der Waals surface area contributed by atoms with Gasteiger partial charge in [0.1, 0.15) is 0 Å². The Morgan fingerprint density at radius 1 is 1.37 bits per heavy atom. The van der Waals surface area contributed by atoms with Crippen molar-refractivity contribution in [2.45, 2.75) is 18.7 Å². The zero-order valence-electron chi connectivity index (χ0n) is 10.3. The number of hydrogen-bond acceptors (Lipinski definition) is 5. The molecule has 1 heterocycles. The minimum absolute atomic E-state index is 0.00000283. The van der Waals surface area contributed by atoms with E-state index in [4.69, 9.17) is 9.78 Å². The minimum atomic E-state index is -3.79. The molecular formula is C12H11N3O3S. The molecule has 2 aromatic rings. The summed E-state index contributed by atoms with van der Waals surface area (Å²) in [5, 5.41) is 12.4. The lowest BCUT2D eigenvalue weighted by molar-refractivity contribution is 0.430. The van der Waals surface area contributed by atoms with Crippen LogP contribution in [0.3, 0.4) is 0 Å². The predicted molar refractivity (Wildman–Crippen MR) is 67.9 cm³/mol. The molecule has 0 saturated carbocycles. The molecule has 0 unspecified atom stereocenters. The lowest BCUT2D eigenvalue weighted by Crippen LogP contribution is -2.13. The Morgan fingerprint density at radius 3 is 2.68 bits per heavy atom. The summed E-state index contributed by atoms with van der Waals surface area (Å²) in [5.41, 5.74) is 1.51. The molecule has 0 saturated heterocycles. The number of anilines is 1. The fourth-order valence-corrected chi connectivity index (χ4v) is 2.52. The molecule has 1 N–H and O–H groups in total. The van der Waals surface area contributed by atoms with Crippen LogP contribution in [-0.2, 0) is 10.0 Å². The summed E-state index contributed by atoms with van der Waals surface area (Å²) >= 11 is 0. The van der Waals surface area contributed by atoms with E-state index in [-0.39, 0.29) is 16.3 Å². The van der Waals surface area contributed by atoms with Gasteiger partial charge in [-0.15, -0.1) is 0 Å². The average Bonchev–Trinajstić information content (AvgIpc) is 2.70. The Bertz CT molecular complexity index is 757. The maximum atomic E-state index is 12.1. The summed E-state index contributed by atoms with van der Waals surface area (Å²) in [5.74, 6) is 0.0832. The predicted octanol–water partition coefficient (Wildman–Crippen LogP) is 1.96. The number of sulfonamides is 1. The van der Waals surface area contributed by atoms with E-state index in [9.17, 15) is 8.42 Å². The van der Waals surface area contributed by atoms with Gasteiger partial charge in [0.05, 0.1) is 22.2 Å². The van der Waals surface area contributed by atoms with Crippen molar-refractivity contribution in [3.05, 3.63) is 41.1 Å². The molecule has 98 valence electrons. The number of aryl methyl sites for hydroxylation is 1. The zero-order chi connectivity index (χ0) is 14.0. The van der Waals surface area contributed by atoms with E-state index in [0.717, 1.165) is 0 Å². The van der Waals surface area contributed by atoms with Crippen LogP contribution in [0.5, 0.6) is 0 Å². The van der Waals surface area contributed by atoms with Crippen molar-refractivity contribution >= 4 is 15.9 Å². The molecule has 0 aliphatic heterocycles. The number of rotatable bonds is 3. The third-order valence-electron chi connectivity index (χ3n) is 2.66. The summed E-state index contributed by atoms with van der Waals surface area (Å²) in [6.07, 6.45) is 0. The van der Waals surface area contributed by atoms with Gasteiger partial charge >= 0.3 is 0 Å². The first-order chi connectivity index (χ1) is 8.94. The van der Waals surface area contributed by atoms with Crippen molar-refractivity contribution in [2.24, 2.45) is 0 Å². The Balaban J connectivity index is 2.38. The van der Waals surface area contributed by atoms with E-state index in [1.165, 1.54) is 24.3 Å². The lowest BCUT2D eigenvalue weighted by Gasteiger charge is -2.05. The van der Waals surface area contributed by atoms with Gasteiger partial charge in [-0.1, -0.05) is 11.2 Å². The van der Waals surface area contributed by atoms with Crippen LogP contribution >= 0.6 is 0 Å². The van der Waals surface area contributed by atoms with Gasteiger partial charge in [0.15, 0.2) is 0 Å². The highest BCUT2D eigenvalue weighted by Gasteiger charge is 2.19. The summed E-state index contributed by atoms with van der Waals surface area (Å²) in [6, 6.07) is 7.62. The molecule has 0 aliphatic carbocycles. The number of nitrogens with zero attached hydrogens (tertiary/aromatic N) is 2. The maximum absolute atomic E-state index is 12.1. The van der Waals surface area contributed by atoms with Crippen LogP contribution in [0.2, 0.25) is 0 Å². The van der Waals surface area contributed by atoms with Crippen molar-refractivity contribution in [2.75, 3.05) is 4.72 Å². The summed E-state index contributed by atoms with van der Waals surface area (Å²) in [6.45, 7) is 3.42. The van der Waals surface area contributed by atoms with Crippen molar-refractivity contribution in [1.29, 1.82) is 5.26 Å². The number of nitriles is 1. The van der Waals surface area contributed by atoms with Crippen LogP contribution < -0.4 is 4.72 Å². The lowest BCUT2D eigenvalue weighted by atomic mass is 10.2.